The zero-order valence-electron chi connectivity index (χ0n) is 27.9. The topological polar surface area (TPSA) is 29.5 Å². The van der Waals surface area contributed by atoms with Crippen molar-refractivity contribution in [3.63, 3.8) is 0 Å². The zero-order chi connectivity index (χ0) is 30.2. The molecule has 0 aromatic heterocycles. The first-order chi connectivity index (χ1) is 20.7. The van der Waals surface area contributed by atoms with Crippen molar-refractivity contribution >= 4 is 0 Å². The molecular formula is C41H60O2. The zero-order valence-corrected chi connectivity index (χ0v) is 27.9. The molecule has 0 aliphatic heterocycles. The molecule has 4 fully saturated rings. The van der Waals surface area contributed by atoms with Gasteiger partial charge in [0.05, 0.1) is 6.10 Å². The predicted molar refractivity (Wildman–Crippen MR) is 179 cm³/mol. The summed E-state index contributed by atoms with van der Waals surface area (Å²) in [6, 6.07) is 19.1. The van der Waals surface area contributed by atoms with Gasteiger partial charge in [-0.05, 0) is 139 Å². The Morgan fingerprint density at radius 2 is 1.44 bits per heavy atom. The first-order valence-electron chi connectivity index (χ1n) is 18.1. The fourth-order valence-electron chi connectivity index (χ4n) is 11.5. The Morgan fingerprint density at radius 1 is 0.744 bits per heavy atom. The van der Waals surface area contributed by atoms with Crippen molar-refractivity contribution in [1.29, 1.82) is 0 Å². The van der Waals surface area contributed by atoms with Crippen molar-refractivity contribution in [3.8, 4) is 5.75 Å². The molecule has 2 aromatic rings. The molecule has 0 bridgehead atoms. The standard InChI is InChI=1S/C41H60O2/c1-28(2)10-9-11-29(3)35-20-21-36-33-18-19-37-34(39(42)23-25-41(37,5)38(33)22-24-40(35,36)4)26-30-14-16-32(17-15-30)43-27-31-12-7-6-8-13-31/h6-8,12-17,28-29,33-39,42H,9-11,18-27H2,1-5H3/t29-,33+,34+,35-,36+,37+,38+,39-,40-,41+/m1/s1. The van der Waals surface area contributed by atoms with Crippen molar-refractivity contribution in [3.05, 3.63) is 65.7 Å². The van der Waals surface area contributed by atoms with E-state index >= 15 is 0 Å². The third-order valence-corrected chi connectivity index (χ3v) is 13.8. The molecule has 0 radical (unpaired) electrons. The van der Waals surface area contributed by atoms with Crippen molar-refractivity contribution < 1.29 is 9.84 Å². The lowest BCUT2D eigenvalue weighted by Gasteiger charge is -2.63. The maximum absolute atomic E-state index is 11.4. The molecule has 0 heterocycles. The average molecular weight is 585 g/mol. The van der Waals surface area contributed by atoms with Gasteiger partial charge >= 0.3 is 0 Å². The number of benzene rings is 2. The van der Waals surface area contributed by atoms with Gasteiger partial charge in [0, 0.05) is 0 Å². The van der Waals surface area contributed by atoms with Crippen LogP contribution in [0, 0.1) is 58.2 Å². The van der Waals surface area contributed by atoms with E-state index in [0.29, 0.717) is 29.3 Å². The first kappa shape index (κ1) is 31.2. The summed E-state index contributed by atoms with van der Waals surface area (Å²) in [5.74, 6) is 7.27. The van der Waals surface area contributed by atoms with Crippen LogP contribution < -0.4 is 4.74 Å². The van der Waals surface area contributed by atoms with Gasteiger partial charge in [-0.15, -0.1) is 0 Å². The lowest BCUT2D eigenvalue weighted by molar-refractivity contribution is -0.152. The average Bonchev–Trinajstić information content (AvgIpc) is 3.36. The lowest BCUT2D eigenvalue weighted by atomic mass is 9.42. The fourth-order valence-corrected chi connectivity index (χ4v) is 11.5. The van der Waals surface area contributed by atoms with E-state index in [-0.39, 0.29) is 6.10 Å². The molecule has 6 rings (SSSR count). The molecule has 43 heavy (non-hydrogen) atoms. The van der Waals surface area contributed by atoms with Crippen molar-refractivity contribution in [2.75, 3.05) is 0 Å². The van der Waals surface area contributed by atoms with Crippen LogP contribution in [0.4, 0.5) is 0 Å². The van der Waals surface area contributed by atoms with E-state index in [2.05, 4.69) is 83.1 Å². The van der Waals surface area contributed by atoms with Crippen LogP contribution in [-0.4, -0.2) is 11.2 Å². The molecular weight excluding hydrogens is 524 g/mol. The number of fused-ring (bicyclic) bond motifs is 5. The maximum atomic E-state index is 11.4. The van der Waals surface area contributed by atoms with Gasteiger partial charge in [-0.3, -0.25) is 0 Å². The lowest BCUT2D eigenvalue weighted by Crippen LogP contribution is -2.57. The van der Waals surface area contributed by atoms with Gasteiger partial charge < -0.3 is 9.84 Å². The highest BCUT2D eigenvalue weighted by Crippen LogP contribution is 2.69. The molecule has 236 valence electrons. The van der Waals surface area contributed by atoms with Crippen molar-refractivity contribution in [2.24, 2.45) is 58.2 Å². The molecule has 4 saturated carbocycles. The van der Waals surface area contributed by atoms with E-state index in [9.17, 15) is 5.11 Å². The Hall–Kier alpha value is -1.80. The Labute approximate surface area is 263 Å². The van der Waals surface area contributed by atoms with E-state index in [4.69, 9.17) is 4.74 Å². The van der Waals surface area contributed by atoms with E-state index < -0.39 is 0 Å². The molecule has 4 aliphatic rings. The summed E-state index contributed by atoms with van der Waals surface area (Å²) in [7, 11) is 0. The van der Waals surface area contributed by atoms with Crippen molar-refractivity contribution in [1.82, 2.24) is 0 Å². The number of ether oxygens (including phenoxy) is 1. The highest BCUT2D eigenvalue weighted by molar-refractivity contribution is 5.28. The van der Waals surface area contributed by atoms with Crippen LogP contribution in [0.5, 0.6) is 5.75 Å². The Balaban J connectivity index is 1.11. The van der Waals surface area contributed by atoms with Gasteiger partial charge in [0.15, 0.2) is 0 Å². The molecule has 4 aliphatic carbocycles. The molecule has 2 aromatic carbocycles. The summed E-state index contributed by atoms with van der Waals surface area (Å²) in [6.45, 7) is 13.3. The molecule has 1 N–H and O–H groups in total. The first-order valence-corrected chi connectivity index (χ1v) is 18.1. The molecule has 2 nitrogen and oxygen atoms in total. The van der Waals surface area contributed by atoms with Gasteiger partial charge in [0.25, 0.3) is 0 Å². The number of hydrogen-bond acceptors (Lipinski definition) is 2. The Kier molecular flexibility index (Phi) is 9.36. The van der Waals surface area contributed by atoms with Crippen LogP contribution in [0.2, 0.25) is 0 Å². The third kappa shape index (κ3) is 6.21. The maximum Gasteiger partial charge on any atom is 0.119 e. The van der Waals surface area contributed by atoms with Crippen LogP contribution in [0.15, 0.2) is 54.6 Å². The number of hydrogen-bond donors (Lipinski definition) is 1. The van der Waals surface area contributed by atoms with Crippen LogP contribution in [0.1, 0.15) is 116 Å². The molecule has 10 atom stereocenters. The van der Waals surface area contributed by atoms with E-state index in [1.165, 1.54) is 75.3 Å². The third-order valence-electron chi connectivity index (χ3n) is 13.8. The highest BCUT2D eigenvalue weighted by atomic mass is 16.5. The van der Waals surface area contributed by atoms with Crippen LogP contribution in [0.25, 0.3) is 0 Å². The number of aliphatic hydroxyl groups excluding tert-OH is 1. The van der Waals surface area contributed by atoms with Crippen LogP contribution in [0.3, 0.4) is 0 Å². The summed E-state index contributed by atoms with van der Waals surface area (Å²) in [6.07, 6.45) is 15.8. The van der Waals surface area contributed by atoms with Crippen molar-refractivity contribution in [2.45, 2.75) is 124 Å². The Bertz CT molecular complexity index is 1170. The van der Waals surface area contributed by atoms with E-state index in [0.717, 1.165) is 54.1 Å². The van der Waals surface area contributed by atoms with E-state index in [1.807, 2.05) is 6.07 Å². The summed E-state index contributed by atoms with van der Waals surface area (Å²) in [4.78, 5) is 0. The fraction of sp³-hybridized carbons (Fsp3) is 0.707. The van der Waals surface area contributed by atoms with Gasteiger partial charge in [-0.2, -0.15) is 0 Å². The van der Waals surface area contributed by atoms with Gasteiger partial charge in [0.2, 0.25) is 0 Å². The quantitative estimate of drug-likeness (QED) is 0.301. The monoisotopic (exact) mass is 584 g/mol. The molecule has 0 unspecified atom stereocenters. The minimum absolute atomic E-state index is 0.167. The highest BCUT2D eigenvalue weighted by Gasteiger charge is 2.61. The largest absolute Gasteiger partial charge is 0.489 e. The summed E-state index contributed by atoms with van der Waals surface area (Å²) in [5, 5.41) is 11.4. The smallest absolute Gasteiger partial charge is 0.119 e. The second kappa shape index (κ2) is 12.9. The summed E-state index contributed by atoms with van der Waals surface area (Å²) in [5.41, 5.74) is 3.48. The predicted octanol–water partition coefficient (Wildman–Crippen LogP) is 10.5. The summed E-state index contributed by atoms with van der Waals surface area (Å²) >= 11 is 0. The second-order valence-corrected chi connectivity index (χ2v) is 16.5. The molecule has 0 saturated heterocycles. The second-order valence-electron chi connectivity index (χ2n) is 16.5. The minimum atomic E-state index is -0.167. The Morgan fingerprint density at radius 3 is 2.19 bits per heavy atom. The van der Waals surface area contributed by atoms with Gasteiger partial charge in [-0.25, -0.2) is 0 Å². The van der Waals surface area contributed by atoms with Gasteiger partial charge in [-0.1, -0.05) is 96.3 Å². The minimum Gasteiger partial charge on any atom is -0.489 e. The van der Waals surface area contributed by atoms with Gasteiger partial charge in [0.1, 0.15) is 12.4 Å². The number of rotatable bonds is 10. The molecule has 2 heteroatoms. The van der Waals surface area contributed by atoms with E-state index in [1.54, 1.807) is 0 Å². The van der Waals surface area contributed by atoms with Crippen LogP contribution >= 0.6 is 0 Å². The molecule has 0 spiro atoms. The molecule has 0 amide bonds. The normalized spacial score (nSPS) is 37.8. The number of aliphatic hydroxyl groups is 1. The SMILES string of the molecule is CC(C)CCC[C@@H](C)[C@H]1CC[C@H]2[C@@H]3CC[C@H]4[C@H](Cc5ccc(OCc6ccccc6)cc5)[C@H](O)CC[C@]4(C)[C@H]3CC[C@]12C. The van der Waals surface area contributed by atoms with Crippen LogP contribution in [-0.2, 0) is 13.0 Å². The summed E-state index contributed by atoms with van der Waals surface area (Å²) < 4.78 is 6.06.